The van der Waals surface area contributed by atoms with Crippen LogP contribution < -0.4 is 5.73 Å². The highest BCUT2D eigenvalue weighted by atomic mass is 15.3. The van der Waals surface area contributed by atoms with Crippen molar-refractivity contribution in [1.82, 2.24) is 9.80 Å². The topological polar surface area (TPSA) is 32.5 Å². The molecule has 2 N–H and O–H groups in total. The van der Waals surface area contributed by atoms with Gasteiger partial charge in [-0.3, -0.25) is 9.80 Å². The summed E-state index contributed by atoms with van der Waals surface area (Å²) in [5.74, 6) is 0. The molecular weight excluding hydrogens is 222 g/mol. The molecule has 1 heterocycles. The first-order chi connectivity index (χ1) is 8.72. The maximum Gasteiger partial charge on any atom is 0.0248 e. The molecule has 2 aliphatic rings. The second kappa shape index (κ2) is 6.88. The first-order valence-corrected chi connectivity index (χ1v) is 7.96. The third kappa shape index (κ3) is 3.46. The molecule has 2 rings (SSSR count). The van der Waals surface area contributed by atoms with Crippen LogP contribution in [0.15, 0.2) is 0 Å². The maximum atomic E-state index is 6.38. The average Bonchev–Trinajstić information content (AvgIpc) is 2.63. The van der Waals surface area contributed by atoms with E-state index in [1.54, 1.807) is 0 Å². The summed E-state index contributed by atoms with van der Waals surface area (Å²) in [4.78, 5) is 5.31. The van der Waals surface area contributed by atoms with Gasteiger partial charge in [0.25, 0.3) is 0 Å². The lowest BCUT2D eigenvalue weighted by molar-refractivity contribution is 0.0613. The highest BCUT2D eigenvalue weighted by Crippen LogP contribution is 2.22. The molecule has 1 aliphatic carbocycles. The molecule has 0 spiro atoms. The summed E-state index contributed by atoms with van der Waals surface area (Å²) in [6, 6.07) is 1.82. The molecule has 3 atom stereocenters. The minimum absolute atomic E-state index is 0.419. The van der Waals surface area contributed by atoms with E-state index >= 15 is 0 Å². The fourth-order valence-electron chi connectivity index (χ4n) is 3.54. The van der Waals surface area contributed by atoms with E-state index in [2.05, 4.69) is 23.6 Å². The van der Waals surface area contributed by atoms with Crippen LogP contribution in [0.5, 0.6) is 0 Å². The van der Waals surface area contributed by atoms with E-state index in [4.69, 9.17) is 5.73 Å². The van der Waals surface area contributed by atoms with E-state index in [0.29, 0.717) is 12.1 Å². The Morgan fingerprint density at radius 3 is 2.39 bits per heavy atom. The molecule has 0 aromatic carbocycles. The summed E-state index contributed by atoms with van der Waals surface area (Å²) in [6.07, 6.45) is 7.93. The Kier molecular flexibility index (Phi) is 5.46. The van der Waals surface area contributed by atoms with Gasteiger partial charge in [-0.2, -0.15) is 0 Å². The lowest BCUT2D eigenvalue weighted by Gasteiger charge is -2.42. The number of hydrogen-bond donors (Lipinski definition) is 1. The average molecular weight is 253 g/mol. The minimum Gasteiger partial charge on any atom is -0.326 e. The van der Waals surface area contributed by atoms with Crippen LogP contribution in [0.3, 0.4) is 0 Å². The molecule has 0 aromatic rings. The second-order valence-corrected chi connectivity index (χ2v) is 6.20. The van der Waals surface area contributed by atoms with Crippen molar-refractivity contribution in [2.24, 2.45) is 5.73 Å². The maximum absolute atomic E-state index is 6.38. The van der Waals surface area contributed by atoms with E-state index in [1.807, 2.05) is 0 Å². The molecule has 0 radical (unpaired) electrons. The molecule has 1 saturated heterocycles. The highest BCUT2D eigenvalue weighted by Gasteiger charge is 2.29. The fraction of sp³-hybridized carbons (Fsp3) is 1.00. The van der Waals surface area contributed by atoms with E-state index in [9.17, 15) is 0 Å². The molecule has 3 unspecified atom stereocenters. The molecule has 2 fully saturated rings. The van der Waals surface area contributed by atoms with Crippen molar-refractivity contribution in [3.63, 3.8) is 0 Å². The molecule has 18 heavy (non-hydrogen) atoms. The van der Waals surface area contributed by atoms with Crippen LogP contribution in [0.1, 0.15) is 52.4 Å². The highest BCUT2D eigenvalue weighted by molar-refractivity contribution is 4.88. The van der Waals surface area contributed by atoms with Crippen LogP contribution in [0, 0.1) is 0 Å². The molecule has 1 aliphatic heterocycles. The molecule has 0 aromatic heterocycles. The van der Waals surface area contributed by atoms with Gasteiger partial charge in [-0.1, -0.05) is 26.2 Å². The first-order valence-electron chi connectivity index (χ1n) is 7.96. The van der Waals surface area contributed by atoms with Crippen LogP contribution >= 0.6 is 0 Å². The standard InChI is InChI=1S/C15H31N3/c1-3-13(2)17-9-11-18(12-10-17)15-8-6-4-5-7-14(15)16/h13-15H,3-12,16H2,1-2H3. The lowest BCUT2D eigenvalue weighted by atomic mass is 10.0. The Balaban J connectivity index is 1.84. The van der Waals surface area contributed by atoms with Gasteiger partial charge in [0.05, 0.1) is 0 Å². The van der Waals surface area contributed by atoms with Gasteiger partial charge >= 0.3 is 0 Å². The van der Waals surface area contributed by atoms with Gasteiger partial charge in [0.15, 0.2) is 0 Å². The van der Waals surface area contributed by atoms with Crippen LogP contribution in [0.2, 0.25) is 0 Å². The van der Waals surface area contributed by atoms with Gasteiger partial charge in [0.2, 0.25) is 0 Å². The third-order valence-electron chi connectivity index (χ3n) is 5.06. The van der Waals surface area contributed by atoms with Crippen molar-refractivity contribution < 1.29 is 0 Å². The summed E-state index contributed by atoms with van der Waals surface area (Å²) in [5, 5.41) is 0. The quantitative estimate of drug-likeness (QED) is 0.782. The van der Waals surface area contributed by atoms with Crippen molar-refractivity contribution in [2.75, 3.05) is 26.2 Å². The Hall–Kier alpha value is -0.120. The number of nitrogens with zero attached hydrogens (tertiary/aromatic N) is 2. The van der Waals surface area contributed by atoms with Gasteiger partial charge in [-0.25, -0.2) is 0 Å². The number of hydrogen-bond acceptors (Lipinski definition) is 3. The molecule has 3 nitrogen and oxygen atoms in total. The summed E-state index contributed by atoms with van der Waals surface area (Å²) >= 11 is 0. The van der Waals surface area contributed by atoms with Crippen molar-refractivity contribution in [3.8, 4) is 0 Å². The Labute approximate surface area is 113 Å². The second-order valence-electron chi connectivity index (χ2n) is 6.20. The first kappa shape index (κ1) is 14.3. The van der Waals surface area contributed by atoms with Crippen LogP contribution in [0.25, 0.3) is 0 Å². The summed E-state index contributed by atoms with van der Waals surface area (Å²) in [5.41, 5.74) is 6.38. The molecule has 1 saturated carbocycles. The van der Waals surface area contributed by atoms with Crippen LogP contribution in [0.4, 0.5) is 0 Å². The largest absolute Gasteiger partial charge is 0.326 e. The molecule has 0 amide bonds. The summed E-state index contributed by atoms with van der Waals surface area (Å²) < 4.78 is 0. The van der Waals surface area contributed by atoms with Gasteiger partial charge in [0, 0.05) is 44.3 Å². The number of piperazine rings is 1. The van der Waals surface area contributed by atoms with Gasteiger partial charge in [-0.15, -0.1) is 0 Å². The predicted molar refractivity (Wildman–Crippen MR) is 77.7 cm³/mol. The number of rotatable bonds is 3. The summed E-state index contributed by atoms with van der Waals surface area (Å²) in [6.45, 7) is 9.56. The van der Waals surface area contributed by atoms with Gasteiger partial charge < -0.3 is 5.73 Å². The lowest BCUT2D eigenvalue weighted by Crippen LogP contribution is -2.56. The zero-order chi connectivity index (χ0) is 13.0. The fourth-order valence-corrected chi connectivity index (χ4v) is 3.54. The molecule has 106 valence electrons. The normalized spacial score (nSPS) is 34.2. The zero-order valence-corrected chi connectivity index (χ0v) is 12.3. The van der Waals surface area contributed by atoms with E-state index in [1.165, 1.54) is 64.7 Å². The SMILES string of the molecule is CCC(C)N1CCN(C2CCCCCC2N)CC1. The van der Waals surface area contributed by atoms with E-state index < -0.39 is 0 Å². The van der Waals surface area contributed by atoms with Gasteiger partial charge in [-0.05, 0) is 26.2 Å². The minimum atomic E-state index is 0.419. The van der Waals surface area contributed by atoms with Crippen molar-refractivity contribution in [3.05, 3.63) is 0 Å². The van der Waals surface area contributed by atoms with E-state index in [0.717, 1.165) is 6.04 Å². The monoisotopic (exact) mass is 253 g/mol. The Bertz CT molecular complexity index is 236. The smallest absolute Gasteiger partial charge is 0.0248 e. The van der Waals surface area contributed by atoms with Crippen molar-refractivity contribution in [2.45, 2.75) is 70.5 Å². The van der Waals surface area contributed by atoms with E-state index in [-0.39, 0.29) is 0 Å². The molecular formula is C15H31N3. The summed E-state index contributed by atoms with van der Waals surface area (Å²) in [7, 11) is 0. The predicted octanol–water partition coefficient (Wildman–Crippen LogP) is 2.06. The number of nitrogens with two attached hydrogens (primary N) is 1. The molecule has 0 bridgehead atoms. The van der Waals surface area contributed by atoms with Crippen molar-refractivity contribution in [1.29, 1.82) is 0 Å². The van der Waals surface area contributed by atoms with Gasteiger partial charge in [0.1, 0.15) is 0 Å². The Morgan fingerprint density at radius 2 is 1.72 bits per heavy atom. The third-order valence-corrected chi connectivity index (χ3v) is 5.06. The van der Waals surface area contributed by atoms with Crippen LogP contribution in [-0.4, -0.2) is 54.1 Å². The zero-order valence-electron chi connectivity index (χ0n) is 12.3. The molecule has 3 heteroatoms. The van der Waals surface area contributed by atoms with Crippen LogP contribution in [-0.2, 0) is 0 Å². The van der Waals surface area contributed by atoms with Crippen molar-refractivity contribution >= 4 is 0 Å². The Morgan fingerprint density at radius 1 is 1.06 bits per heavy atom.